The molecule has 0 aromatic carbocycles. The Labute approximate surface area is 164 Å². The molecule has 2 amide bonds. The molecule has 0 aliphatic carbocycles. The lowest BCUT2D eigenvalue weighted by molar-refractivity contribution is -0.138. The lowest BCUT2D eigenvalue weighted by atomic mass is 10.2. The molecule has 0 radical (unpaired) electrons. The van der Waals surface area contributed by atoms with Crippen molar-refractivity contribution in [2.24, 2.45) is 0 Å². The van der Waals surface area contributed by atoms with Gasteiger partial charge >= 0.3 is 18.4 Å². The van der Waals surface area contributed by atoms with Crippen LogP contribution in [0.5, 0.6) is 0 Å². The first-order chi connectivity index (χ1) is 11.9. The molecule has 0 N–H and O–H groups in total. The van der Waals surface area contributed by atoms with Gasteiger partial charge in [-0.15, -0.1) is 0 Å². The Kier molecular flexibility index (Phi) is 6.57. The van der Waals surface area contributed by atoms with Gasteiger partial charge in [0.05, 0.1) is 16.9 Å². The quantitative estimate of drug-likeness (QED) is 0.497. The van der Waals surface area contributed by atoms with Gasteiger partial charge in [-0.05, 0) is 70.5 Å². The van der Waals surface area contributed by atoms with Crippen molar-refractivity contribution < 1.29 is 32.2 Å². The maximum atomic E-state index is 13.2. The number of alkyl halides is 3. The van der Waals surface area contributed by atoms with Gasteiger partial charge in [0, 0.05) is 0 Å². The number of carbonyl (C=O) groups is 2. The van der Waals surface area contributed by atoms with Gasteiger partial charge in [0.1, 0.15) is 15.8 Å². The van der Waals surface area contributed by atoms with E-state index < -0.39 is 39.7 Å². The molecule has 6 nitrogen and oxygen atoms in total. The number of carbonyl (C=O) groups excluding carboxylic acids is 2. The topological polar surface area (TPSA) is 68.7 Å². The largest absolute Gasteiger partial charge is 0.443 e. The zero-order chi connectivity index (χ0) is 21.4. The summed E-state index contributed by atoms with van der Waals surface area (Å²) in [6, 6.07) is 0.653. The molecule has 0 saturated heterocycles. The van der Waals surface area contributed by atoms with Crippen LogP contribution in [0.25, 0.3) is 0 Å². The number of pyridine rings is 1. The highest BCUT2D eigenvalue weighted by Crippen LogP contribution is 2.37. The smallest absolute Gasteiger partial charge is 0.424 e. The Morgan fingerprint density at radius 1 is 1.00 bits per heavy atom. The van der Waals surface area contributed by atoms with Gasteiger partial charge in [0.2, 0.25) is 0 Å². The van der Waals surface area contributed by atoms with E-state index in [0.717, 1.165) is 0 Å². The average Bonchev–Trinajstić information content (AvgIpc) is 2.35. The first kappa shape index (κ1) is 23.2. The molecule has 0 unspecified atom stereocenters. The van der Waals surface area contributed by atoms with Crippen LogP contribution in [0.1, 0.15) is 52.8 Å². The fourth-order valence-corrected chi connectivity index (χ4v) is 2.48. The number of nitrogens with zero attached hydrogens (tertiary/aromatic N) is 2. The summed E-state index contributed by atoms with van der Waals surface area (Å²) in [5.74, 6) is 0. The highest BCUT2D eigenvalue weighted by atomic mass is 79.9. The van der Waals surface area contributed by atoms with Crippen LogP contribution in [0, 0.1) is 6.92 Å². The monoisotopic (exact) mass is 454 g/mol. The molecular weight excluding hydrogens is 433 g/mol. The van der Waals surface area contributed by atoms with Crippen LogP contribution in [0.4, 0.5) is 28.4 Å². The third-order valence-corrected chi connectivity index (χ3v) is 3.44. The average molecular weight is 455 g/mol. The Hall–Kier alpha value is -1.84. The van der Waals surface area contributed by atoms with E-state index in [9.17, 15) is 22.8 Å². The van der Waals surface area contributed by atoms with Crippen molar-refractivity contribution in [3.63, 3.8) is 0 Å². The van der Waals surface area contributed by atoms with Crippen LogP contribution in [-0.2, 0) is 15.7 Å². The number of halogens is 4. The summed E-state index contributed by atoms with van der Waals surface area (Å²) in [6.45, 7) is 10.7. The van der Waals surface area contributed by atoms with E-state index in [0.29, 0.717) is 11.0 Å². The van der Waals surface area contributed by atoms with Crippen molar-refractivity contribution in [2.45, 2.75) is 65.8 Å². The third-order valence-electron chi connectivity index (χ3n) is 2.84. The van der Waals surface area contributed by atoms with Crippen LogP contribution < -0.4 is 4.90 Å². The minimum Gasteiger partial charge on any atom is -0.443 e. The standard InChI is InChI=1S/C17H22BrF3N2O4/c1-9-11(8-10(12(18)22-9)17(19,20)21)23(13(24)26-15(2,3)4)14(25)27-16(5,6)7/h8H,1-7H3. The number of imide groups is 1. The highest BCUT2D eigenvalue weighted by molar-refractivity contribution is 9.10. The molecule has 10 heteroatoms. The van der Waals surface area contributed by atoms with E-state index in [-0.39, 0.29) is 11.4 Å². The highest BCUT2D eigenvalue weighted by Gasteiger charge is 2.39. The summed E-state index contributed by atoms with van der Waals surface area (Å²) in [5.41, 5.74) is -3.48. The molecule has 152 valence electrons. The van der Waals surface area contributed by atoms with Crippen LogP contribution in [0.3, 0.4) is 0 Å². The van der Waals surface area contributed by atoms with Crippen LogP contribution in [0.15, 0.2) is 10.7 Å². The molecule has 0 aliphatic heterocycles. The molecule has 1 heterocycles. The van der Waals surface area contributed by atoms with E-state index in [1.54, 1.807) is 41.5 Å². The Bertz CT molecular complexity index is 709. The van der Waals surface area contributed by atoms with Crippen molar-refractivity contribution in [1.29, 1.82) is 0 Å². The van der Waals surface area contributed by atoms with Crippen LogP contribution >= 0.6 is 15.9 Å². The number of ether oxygens (including phenoxy) is 2. The summed E-state index contributed by atoms with van der Waals surface area (Å²) in [6.07, 6.45) is -7.09. The maximum absolute atomic E-state index is 13.2. The van der Waals surface area contributed by atoms with Gasteiger partial charge in [0.25, 0.3) is 0 Å². The van der Waals surface area contributed by atoms with Gasteiger partial charge in [0.15, 0.2) is 0 Å². The molecule has 0 saturated carbocycles. The van der Waals surface area contributed by atoms with E-state index in [1.807, 2.05) is 0 Å². The maximum Gasteiger partial charge on any atom is 0.424 e. The van der Waals surface area contributed by atoms with Gasteiger partial charge < -0.3 is 9.47 Å². The zero-order valence-electron chi connectivity index (χ0n) is 16.1. The summed E-state index contributed by atoms with van der Waals surface area (Å²) < 4.78 is 49.6. The molecule has 0 fully saturated rings. The molecule has 0 atom stereocenters. The lowest BCUT2D eigenvalue weighted by Gasteiger charge is -2.29. The molecule has 0 spiro atoms. The molecule has 1 aromatic rings. The molecule has 27 heavy (non-hydrogen) atoms. The summed E-state index contributed by atoms with van der Waals surface area (Å²) in [4.78, 5) is 29.3. The van der Waals surface area contributed by atoms with Gasteiger partial charge in [-0.1, -0.05) is 0 Å². The predicted molar refractivity (Wildman–Crippen MR) is 96.6 cm³/mol. The van der Waals surface area contributed by atoms with E-state index in [4.69, 9.17) is 9.47 Å². The first-order valence-corrected chi connectivity index (χ1v) is 8.72. The van der Waals surface area contributed by atoms with Gasteiger partial charge in [-0.3, -0.25) is 0 Å². The summed E-state index contributed by atoms with van der Waals surface area (Å²) >= 11 is 2.76. The van der Waals surface area contributed by atoms with E-state index >= 15 is 0 Å². The Morgan fingerprint density at radius 2 is 1.41 bits per heavy atom. The van der Waals surface area contributed by atoms with Gasteiger partial charge in [-0.25, -0.2) is 14.6 Å². The second-order valence-electron chi connectivity index (χ2n) is 7.73. The van der Waals surface area contributed by atoms with E-state index in [2.05, 4.69) is 20.9 Å². The van der Waals surface area contributed by atoms with Crippen molar-refractivity contribution in [2.75, 3.05) is 4.90 Å². The molecule has 1 aromatic heterocycles. The zero-order valence-corrected chi connectivity index (χ0v) is 17.7. The molecule has 0 aliphatic rings. The Morgan fingerprint density at radius 3 is 1.74 bits per heavy atom. The van der Waals surface area contributed by atoms with E-state index in [1.165, 1.54) is 6.92 Å². The first-order valence-electron chi connectivity index (χ1n) is 7.93. The fraction of sp³-hybridized carbons (Fsp3) is 0.588. The Balaban J connectivity index is 3.55. The van der Waals surface area contributed by atoms with Crippen molar-refractivity contribution >= 4 is 33.8 Å². The van der Waals surface area contributed by atoms with Crippen molar-refractivity contribution in [1.82, 2.24) is 4.98 Å². The number of hydrogen-bond donors (Lipinski definition) is 0. The minimum absolute atomic E-state index is 0.00610. The number of rotatable bonds is 1. The van der Waals surface area contributed by atoms with Crippen molar-refractivity contribution in [3.05, 3.63) is 21.9 Å². The number of amides is 2. The molecule has 1 rings (SSSR count). The number of aromatic nitrogens is 1. The SMILES string of the molecule is Cc1nc(Br)c(C(F)(F)F)cc1N(C(=O)OC(C)(C)C)C(=O)OC(C)(C)C. The minimum atomic E-state index is -4.75. The second kappa shape index (κ2) is 7.65. The van der Waals surface area contributed by atoms with Gasteiger partial charge in [-0.2, -0.15) is 18.1 Å². The number of anilines is 1. The normalized spacial score (nSPS) is 12.6. The van der Waals surface area contributed by atoms with Crippen molar-refractivity contribution in [3.8, 4) is 0 Å². The summed E-state index contributed by atoms with van der Waals surface area (Å²) in [7, 11) is 0. The third kappa shape index (κ3) is 6.67. The molecular formula is C17H22BrF3N2O4. The van der Waals surface area contributed by atoms with Crippen LogP contribution in [-0.4, -0.2) is 28.4 Å². The predicted octanol–water partition coefficient (Wildman–Crippen LogP) is 5.85. The lowest BCUT2D eigenvalue weighted by Crippen LogP contribution is -2.44. The second-order valence-corrected chi connectivity index (χ2v) is 8.48. The summed E-state index contributed by atoms with van der Waals surface area (Å²) in [5, 5.41) is 0. The van der Waals surface area contributed by atoms with Crippen LogP contribution in [0.2, 0.25) is 0 Å². The number of aryl methyl sites for hydroxylation is 1. The number of hydrogen-bond acceptors (Lipinski definition) is 5. The molecule has 0 bridgehead atoms. The fourth-order valence-electron chi connectivity index (χ4n) is 1.88.